The number of likely N-dealkylation sites (tertiary alicyclic amines) is 1. The third-order valence-corrected chi connectivity index (χ3v) is 15.1. The van der Waals surface area contributed by atoms with Crippen molar-refractivity contribution in [1.29, 1.82) is 0 Å². The fourth-order valence-electron chi connectivity index (χ4n) is 8.82. The van der Waals surface area contributed by atoms with Crippen LogP contribution in [0.5, 0.6) is 0 Å². The molecule has 2 saturated heterocycles. The van der Waals surface area contributed by atoms with Crippen molar-refractivity contribution in [2.24, 2.45) is 33.8 Å². The SMILES string of the molecule is CC(C)[C@@H]1NC(=O)[C@H](Cc2ccccc2)NC(=O)[C@@H](C(c2ccccc2)c2ccccc2)NC(=O)CCSSC[C@@H](C(=O)N2CCC[C@H]2C(=O)N[C@@H](CCCN=C(N)N)C(=O)NCC(N)=O)NC(=O)[C@H](CC(N)=O)NC1=O. The van der Waals surface area contributed by atoms with E-state index in [2.05, 4.69) is 42.2 Å². The van der Waals surface area contributed by atoms with Crippen LogP contribution in [0.2, 0.25) is 0 Å². The summed E-state index contributed by atoms with van der Waals surface area (Å²) in [5.41, 5.74) is 23.8. The number of hydrogen-bond donors (Lipinski definition) is 11. The van der Waals surface area contributed by atoms with E-state index in [1.807, 2.05) is 60.7 Å². The van der Waals surface area contributed by atoms with Gasteiger partial charge in [0.05, 0.1) is 13.0 Å². The van der Waals surface area contributed by atoms with Crippen molar-refractivity contribution in [2.45, 2.75) is 107 Å². The number of rotatable bonds is 18. The number of nitrogens with one attached hydrogen (secondary N) is 7. The molecule has 3 aromatic rings. The van der Waals surface area contributed by atoms with E-state index in [1.165, 1.54) is 15.7 Å². The zero-order valence-corrected chi connectivity index (χ0v) is 44.6. The molecule has 0 spiro atoms. The highest BCUT2D eigenvalue weighted by Gasteiger charge is 2.41. The Balaban J connectivity index is 1.49. The Hall–Kier alpha value is -7.67. The van der Waals surface area contributed by atoms with Crippen molar-refractivity contribution >= 4 is 86.6 Å². The molecule has 0 saturated carbocycles. The molecule has 7 atom stereocenters. The summed E-state index contributed by atoms with van der Waals surface area (Å²) in [6.45, 7) is 2.96. The van der Waals surface area contributed by atoms with Gasteiger partial charge in [-0.3, -0.25) is 52.9 Å². The highest BCUT2D eigenvalue weighted by Crippen LogP contribution is 2.30. The van der Waals surface area contributed by atoms with Crippen LogP contribution in [-0.2, 0) is 54.4 Å². The van der Waals surface area contributed by atoms with Gasteiger partial charge in [-0.15, -0.1) is 0 Å². The minimum atomic E-state index is -1.66. The zero-order valence-electron chi connectivity index (χ0n) is 42.9. The summed E-state index contributed by atoms with van der Waals surface area (Å²) in [5.74, 6) is -9.34. The maximum Gasteiger partial charge on any atom is 0.246 e. The predicted molar refractivity (Wildman–Crippen MR) is 291 cm³/mol. The van der Waals surface area contributed by atoms with Gasteiger partial charge in [-0.05, 0) is 48.3 Å². The normalized spacial score (nSPS) is 21.5. The first-order chi connectivity index (χ1) is 36.8. The smallest absolute Gasteiger partial charge is 0.246 e. The van der Waals surface area contributed by atoms with Crippen LogP contribution < -0.4 is 60.2 Å². The van der Waals surface area contributed by atoms with Crippen molar-refractivity contribution in [3.05, 3.63) is 108 Å². The summed E-state index contributed by atoms with van der Waals surface area (Å²) in [6.07, 6.45) is -0.0660. The molecule has 2 heterocycles. The molecule has 2 fully saturated rings. The minimum absolute atomic E-state index is 0.0318. The van der Waals surface area contributed by atoms with Crippen LogP contribution in [-0.4, -0.2) is 143 Å². The Morgan fingerprint density at radius 2 is 1.31 bits per heavy atom. The Bertz CT molecular complexity index is 2540. The Morgan fingerprint density at radius 3 is 1.91 bits per heavy atom. The molecular weight excluding hydrogens is 1030 g/mol. The lowest BCUT2D eigenvalue weighted by Gasteiger charge is -2.32. The molecule has 0 bridgehead atoms. The number of hydrogen-bond acceptors (Lipinski definition) is 13. The van der Waals surface area contributed by atoms with Crippen LogP contribution in [0.25, 0.3) is 0 Å². The van der Waals surface area contributed by atoms with Crippen molar-refractivity contribution in [3.63, 3.8) is 0 Å². The van der Waals surface area contributed by atoms with E-state index in [9.17, 15) is 47.9 Å². The van der Waals surface area contributed by atoms with Gasteiger partial charge in [0.2, 0.25) is 59.1 Å². The van der Waals surface area contributed by atoms with Crippen LogP contribution in [0, 0.1) is 5.92 Å². The van der Waals surface area contributed by atoms with Crippen molar-refractivity contribution in [1.82, 2.24) is 42.1 Å². The molecule has 3 aromatic carbocycles. The first-order valence-electron chi connectivity index (χ1n) is 25.2. The van der Waals surface area contributed by atoms with Gasteiger partial charge in [0.25, 0.3) is 0 Å². The first kappa shape index (κ1) is 60.2. The molecular formula is C52H69N13O10S2. The lowest BCUT2D eigenvalue weighted by Crippen LogP contribution is -2.62. The van der Waals surface area contributed by atoms with Gasteiger partial charge in [0, 0.05) is 43.4 Å². The molecule has 77 heavy (non-hydrogen) atoms. The average molecular weight is 1100 g/mol. The molecule has 0 radical (unpaired) electrons. The fraction of sp³-hybridized carbons (Fsp3) is 0.442. The van der Waals surface area contributed by atoms with E-state index in [0.29, 0.717) is 23.1 Å². The van der Waals surface area contributed by atoms with Gasteiger partial charge in [-0.25, -0.2) is 0 Å². The van der Waals surface area contributed by atoms with Crippen LogP contribution in [0.15, 0.2) is 96.0 Å². The molecule has 2 aliphatic heterocycles. The zero-order chi connectivity index (χ0) is 56.0. The van der Waals surface area contributed by atoms with Gasteiger partial charge < -0.3 is 65.1 Å². The van der Waals surface area contributed by atoms with Crippen molar-refractivity contribution in [2.75, 3.05) is 31.1 Å². The Kier molecular flexibility index (Phi) is 23.6. The number of nitrogens with two attached hydrogens (primary N) is 4. The monoisotopic (exact) mass is 1100 g/mol. The van der Waals surface area contributed by atoms with Gasteiger partial charge in [-0.2, -0.15) is 0 Å². The molecule has 0 aliphatic carbocycles. The molecule has 0 unspecified atom stereocenters. The van der Waals surface area contributed by atoms with E-state index in [1.54, 1.807) is 44.2 Å². The van der Waals surface area contributed by atoms with E-state index < -0.39 is 126 Å². The minimum Gasteiger partial charge on any atom is -0.370 e. The van der Waals surface area contributed by atoms with Crippen molar-refractivity contribution in [3.8, 4) is 0 Å². The summed E-state index contributed by atoms with van der Waals surface area (Å²) in [7, 11) is 2.30. The number of primary amides is 2. The van der Waals surface area contributed by atoms with Crippen LogP contribution in [0.1, 0.15) is 75.0 Å². The van der Waals surface area contributed by atoms with Gasteiger partial charge in [0.15, 0.2) is 5.96 Å². The molecule has 23 nitrogen and oxygen atoms in total. The number of benzene rings is 3. The second-order valence-corrected chi connectivity index (χ2v) is 21.5. The lowest BCUT2D eigenvalue weighted by molar-refractivity contribution is -0.142. The second-order valence-electron chi connectivity index (χ2n) is 18.9. The summed E-state index contributed by atoms with van der Waals surface area (Å²) < 4.78 is 0. The quantitative estimate of drug-likeness (QED) is 0.0313. The van der Waals surface area contributed by atoms with Gasteiger partial charge >= 0.3 is 0 Å². The van der Waals surface area contributed by atoms with E-state index in [-0.39, 0.29) is 62.7 Å². The highest BCUT2D eigenvalue weighted by atomic mass is 33.1. The third-order valence-electron chi connectivity index (χ3n) is 12.6. The standard InChI is InChI=1S/C52H69N13O10S2/c1-30(2)43-49(73)61-36(27-39(53)66)46(70)62-37(51(75)65-24-13-21-38(65)48(72)59-34(20-12-23-57-52(55)56)45(69)58-28-40(54)67)29-77-76-25-22-41(68)63-44(42(32-16-8-4-9-17-32)33-18-10-5-11-19-33)50(74)60-35(47(71)64-43)26-31-14-6-3-7-15-31/h3-11,14-19,30,34-38,42-44H,12-13,20-29H2,1-2H3,(H2,53,66)(H2,54,67)(H,58,69)(H,59,72)(H,60,74)(H,61,73)(H,62,70)(H,63,68)(H,64,71)(H4,55,56,57)/t34-,35-,36-,37-,38-,43-,44+/m0/s1. The number of carbonyl (C=O) groups excluding carboxylic acids is 10. The average Bonchev–Trinajstić information content (AvgIpc) is 3.90. The number of amides is 10. The van der Waals surface area contributed by atoms with Crippen LogP contribution in [0.3, 0.4) is 0 Å². The van der Waals surface area contributed by atoms with E-state index in [4.69, 9.17) is 22.9 Å². The fourth-order valence-corrected chi connectivity index (χ4v) is 11.0. The Morgan fingerprint density at radius 1 is 0.714 bits per heavy atom. The van der Waals surface area contributed by atoms with E-state index in [0.717, 1.165) is 10.8 Å². The number of nitrogens with zero attached hydrogens (tertiary/aromatic N) is 2. The first-order valence-corrected chi connectivity index (χ1v) is 27.7. The molecule has 2 aliphatic rings. The van der Waals surface area contributed by atoms with Crippen LogP contribution in [0.4, 0.5) is 0 Å². The number of guanidine groups is 1. The molecule has 10 amide bonds. The summed E-state index contributed by atoms with van der Waals surface area (Å²) >= 11 is 0. The number of aliphatic imine (C=N–C) groups is 1. The Labute approximate surface area is 454 Å². The van der Waals surface area contributed by atoms with Gasteiger partial charge in [-0.1, -0.05) is 126 Å². The second kappa shape index (κ2) is 30.2. The van der Waals surface area contributed by atoms with Crippen LogP contribution >= 0.6 is 21.6 Å². The van der Waals surface area contributed by atoms with Crippen molar-refractivity contribution < 1.29 is 47.9 Å². The summed E-state index contributed by atoms with van der Waals surface area (Å²) in [6, 6.07) is 17.8. The molecule has 0 aromatic heterocycles. The largest absolute Gasteiger partial charge is 0.370 e. The summed E-state index contributed by atoms with van der Waals surface area (Å²) in [5, 5.41) is 18.8. The topological polar surface area (TPSA) is 375 Å². The van der Waals surface area contributed by atoms with Gasteiger partial charge in [0.1, 0.15) is 42.3 Å². The third kappa shape index (κ3) is 18.8. The van der Waals surface area contributed by atoms with E-state index >= 15 is 0 Å². The molecule has 25 heteroatoms. The molecule has 15 N–H and O–H groups in total. The maximum atomic E-state index is 14.9. The maximum absolute atomic E-state index is 14.9. The summed E-state index contributed by atoms with van der Waals surface area (Å²) in [4.78, 5) is 143. The highest BCUT2D eigenvalue weighted by molar-refractivity contribution is 8.76. The number of carbonyl (C=O) groups is 10. The predicted octanol–water partition coefficient (Wildman–Crippen LogP) is -1.07. The molecule has 5 rings (SSSR count). The lowest BCUT2D eigenvalue weighted by atomic mass is 9.84. The molecule has 414 valence electrons.